The minimum Gasteiger partial charge on any atom is -0.343 e. The number of allylic oxidation sites excluding steroid dienone is 4. The molecule has 7 nitrogen and oxygen atoms in total. The number of aromatic nitrogens is 2. The Labute approximate surface area is 248 Å². The fourth-order valence-corrected chi connectivity index (χ4v) is 5.74. The molecular weight excluding hydrogens is 576 g/mol. The zero-order chi connectivity index (χ0) is 31.8. The predicted octanol–water partition coefficient (Wildman–Crippen LogP) is 6.91. The molecule has 1 amide bonds. The van der Waals surface area contributed by atoms with E-state index in [1.165, 1.54) is 0 Å². The van der Waals surface area contributed by atoms with E-state index in [0.717, 1.165) is 38.0 Å². The lowest BCUT2D eigenvalue weighted by Gasteiger charge is -2.33. The fourth-order valence-electron chi connectivity index (χ4n) is 5.74. The first kappa shape index (κ1) is 34.5. The molecule has 43 heavy (non-hydrogen) atoms. The van der Waals surface area contributed by atoms with Crippen LogP contribution < -0.4 is 5.56 Å². The Bertz CT molecular complexity index is 1250. The number of unbranched alkanes of at least 4 members (excludes halogenated alkanes) is 2. The molecule has 1 aliphatic carbocycles. The SMILES string of the molecule is CCCN(CCCCCC1=C\CC\C=C(C(F)(F)F)/C=N/1)C(=O)CCN(C(C)C)C1CCc2c1n[nH]c(=O)c2C(F)(F)F. The zero-order valence-corrected chi connectivity index (χ0v) is 25.0. The summed E-state index contributed by atoms with van der Waals surface area (Å²) in [5.41, 5.74) is -2.36. The van der Waals surface area contributed by atoms with Gasteiger partial charge < -0.3 is 4.90 Å². The highest BCUT2D eigenvalue weighted by Gasteiger charge is 2.42. The van der Waals surface area contributed by atoms with Gasteiger partial charge in [-0.2, -0.15) is 31.4 Å². The highest BCUT2D eigenvalue weighted by Crippen LogP contribution is 2.40. The van der Waals surface area contributed by atoms with E-state index in [9.17, 15) is 35.9 Å². The van der Waals surface area contributed by atoms with Crippen molar-refractivity contribution in [1.29, 1.82) is 0 Å². The Balaban J connectivity index is 1.54. The van der Waals surface area contributed by atoms with Gasteiger partial charge >= 0.3 is 12.4 Å². The molecule has 1 aromatic heterocycles. The molecule has 13 heteroatoms. The van der Waals surface area contributed by atoms with Crippen molar-refractivity contribution in [3.63, 3.8) is 0 Å². The maximum absolute atomic E-state index is 13.6. The van der Waals surface area contributed by atoms with Gasteiger partial charge in [0.1, 0.15) is 5.56 Å². The lowest BCUT2D eigenvalue weighted by Crippen LogP contribution is -2.39. The number of aliphatic imine (C=N–C) groups is 1. The fraction of sp³-hybridized carbons (Fsp3) is 0.667. The standard InChI is InChI=1S/C30H41F6N5O2/c1-4-16-40(17-9-5-6-11-22-12-8-7-10-21(19-37-22)29(31,32)33)25(42)15-18-41(20(2)3)24-14-13-23-26(30(34,35)36)28(43)39-38-27(23)24/h10,12,19-20,24H,4-9,11,13-18H2,1-3H3,(H,39,43)/b21-10+,22-12-,37-19+. The van der Waals surface area contributed by atoms with Gasteiger partial charge in [-0.15, -0.1) is 0 Å². The van der Waals surface area contributed by atoms with E-state index in [0.29, 0.717) is 51.0 Å². The summed E-state index contributed by atoms with van der Waals surface area (Å²) in [7, 11) is 0. The number of nitrogens with one attached hydrogen (secondary N) is 1. The van der Waals surface area contributed by atoms with Crippen LogP contribution in [-0.2, 0) is 17.4 Å². The average molecular weight is 618 g/mol. The summed E-state index contributed by atoms with van der Waals surface area (Å²) in [6.45, 7) is 7.26. The molecule has 0 bridgehead atoms. The second kappa shape index (κ2) is 15.2. The summed E-state index contributed by atoms with van der Waals surface area (Å²) in [5.74, 6) is -0.0464. The van der Waals surface area contributed by atoms with Crippen LogP contribution in [0.4, 0.5) is 26.3 Å². The smallest absolute Gasteiger partial charge is 0.343 e. The molecule has 1 N–H and O–H groups in total. The highest BCUT2D eigenvalue weighted by atomic mass is 19.4. The van der Waals surface area contributed by atoms with E-state index in [1.54, 1.807) is 4.90 Å². The number of rotatable bonds is 13. The van der Waals surface area contributed by atoms with Crippen LogP contribution in [0.25, 0.3) is 0 Å². The molecule has 2 heterocycles. The van der Waals surface area contributed by atoms with Crippen LogP contribution in [-0.4, -0.2) is 64.0 Å². The van der Waals surface area contributed by atoms with Gasteiger partial charge in [0.2, 0.25) is 5.91 Å². The molecule has 1 aliphatic heterocycles. The molecule has 2 aliphatic rings. The molecule has 0 saturated carbocycles. The van der Waals surface area contributed by atoms with Gasteiger partial charge in [0.15, 0.2) is 0 Å². The van der Waals surface area contributed by atoms with Crippen LogP contribution in [0.1, 0.15) is 101 Å². The topological polar surface area (TPSA) is 81.7 Å². The Morgan fingerprint density at radius 1 is 1.02 bits per heavy atom. The normalized spacial score (nSPS) is 20.7. The molecule has 0 radical (unpaired) electrons. The summed E-state index contributed by atoms with van der Waals surface area (Å²) >= 11 is 0. The third-order valence-corrected chi connectivity index (χ3v) is 7.85. The monoisotopic (exact) mass is 617 g/mol. The van der Waals surface area contributed by atoms with E-state index in [-0.39, 0.29) is 36.0 Å². The van der Waals surface area contributed by atoms with Gasteiger partial charge in [-0.3, -0.25) is 19.5 Å². The van der Waals surface area contributed by atoms with E-state index in [1.807, 2.05) is 36.8 Å². The summed E-state index contributed by atoms with van der Waals surface area (Å²) < 4.78 is 79.8. The van der Waals surface area contributed by atoms with Gasteiger partial charge in [0, 0.05) is 44.0 Å². The van der Waals surface area contributed by atoms with Crippen LogP contribution in [0.3, 0.4) is 0 Å². The minimum absolute atomic E-state index is 0.0464. The predicted molar refractivity (Wildman–Crippen MR) is 153 cm³/mol. The summed E-state index contributed by atoms with van der Waals surface area (Å²) in [4.78, 5) is 32.9. The molecule has 240 valence electrons. The number of halogens is 6. The van der Waals surface area contributed by atoms with Crippen LogP contribution in [0.5, 0.6) is 0 Å². The van der Waals surface area contributed by atoms with Crippen molar-refractivity contribution in [2.24, 2.45) is 4.99 Å². The van der Waals surface area contributed by atoms with E-state index < -0.39 is 35.1 Å². The van der Waals surface area contributed by atoms with Crippen LogP contribution in [0.2, 0.25) is 0 Å². The second-order valence-electron chi connectivity index (χ2n) is 11.3. The Morgan fingerprint density at radius 3 is 2.40 bits per heavy atom. The zero-order valence-electron chi connectivity index (χ0n) is 25.0. The van der Waals surface area contributed by atoms with Crippen molar-refractivity contribution in [3.05, 3.63) is 50.6 Å². The van der Waals surface area contributed by atoms with E-state index in [4.69, 9.17) is 0 Å². The van der Waals surface area contributed by atoms with Gasteiger partial charge in [0.25, 0.3) is 5.56 Å². The second-order valence-corrected chi connectivity index (χ2v) is 11.3. The van der Waals surface area contributed by atoms with Crippen molar-refractivity contribution >= 4 is 12.1 Å². The molecular formula is C30H41F6N5O2. The third-order valence-electron chi connectivity index (χ3n) is 7.85. The lowest BCUT2D eigenvalue weighted by atomic mass is 10.1. The first-order chi connectivity index (χ1) is 20.2. The number of nitrogens with zero attached hydrogens (tertiary/aromatic N) is 4. The summed E-state index contributed by atoms with van der Waals surface area (Å²) in [6.07, 6.45) is -0.221. The van der Waals surface area contributed by atoms with E-state index >= 15 is 0 Å². The number of alkyl halides is 6. The van der Waals surface area contributed by atoms with Gasteiger partial charge in [-0.1, -0.05) is 25.5 Å². The Morgan fingerprint density at radius 2 is 1.74 bits per heavy atom. The van der Waals surface area contributed by atoms with Crippen molar-refractivity contribution < 1.29 is 31.1 Å². The van der Waals surface area contributed by atoms with Gasteiger partial charge in [-0.25, -0.2) is 5.10 Å². The maximum atomic E-state index is 13.6. The summed E-state index contributed by atoms with van der Waals surface area (Å²) in [5, 5.41) is 6.00. The van der Waals surface area contributed by atoms with Crippen LogP contribution in [0.15, 0.2) is 33.2 Å². The van der Waals surface area contributed by atoms with Gasteiger partial charge in [-0.05, 0) is 70.8 Å². The molecule has 0 fully saturated rings. The molecule has 0 saturated heterocycles. The van der Waals surface area contributed by atoms with Crippen molar-refractivity contribution in [2.45, 2.75) is 109 Å². The molecule has 1 atom stereocenters. The molecule has 1 aromatic rings. The molecule has 0 aromatic carbocycles. The Hall–Kier alpha value is -2.96. The largest absolute Gasteiger partial charge is 0.422 e. The number of carbonyl (C=O) groups is 1. The third kappa shape index (κ3) is 9.51. The number of aromatic amines is 1. The highest BCUT2D eigenvalue weighted by molar-refractivity contribution is 5.81. The minimum atomic E-state index is -4.78. The van der Waals surface area contributed by atoms with Crippen molar-refractivity contribution in [1.82, 2.24) is 20.0 Å². The molecule has 3 rings (SSSR count). The van der Waals surface area contributed by atoms with Gasteiger partial charge in [0.05, 0.1) is 17.3 Å². The van der Waals surface area contributed by atoms with Crippen molar-refractivity contribution in [3.8, 4) is 0 Å². The summed E-state index contributed by atoms with van der Waals surface area (Å²) in [6, 6.07) is -0.507. The van der Waals surface area contributed by atoms with Crippen LogP contribution in [0, 0.1) is 0 Å². The lowest BCUT2D eigenvalue weighted by molar-refractivity contribution is -0.139. The molecule has 1 unspecified atom stereocenters. The average Bonchev–Trinajstić information content (AvgIpc) is 3.30. The van der Waals surface area contributed by atoms with Crippen LogP contribution >= 0.6 is 0 Å². The van der Waals surface area contributed by atoms with Crippen molar-refractivity contribution in [2.75, 3.05) is 19.6 Å². The Kier molecular flexibility index (Phi) is 12.2. The maximum Gasteiger partial charge on any atom is 0.422 e. The quantitative estimate of drug-likeness (QED) is 0.193. The van der Waals surface area contributed by atoms with E-state index in [2.05, 4.69) is 10.1 Å². The number of fused-ring (bicyclic) bond motifs is 1. The first-order valence-electron chi connectivity index (χ1n) is 15.0. The number of hydrogen-bond acceptors (Lipinski definition) is 5. The number of hydrogen-bond donors (Lipinski definition) is 1. The number of carbonyl (C=O) groups excluding carboxylic acids is 1. The number of amides is 1. The first-order valence-corrected chi connectivity index (χ1v) is 15.0. The number of H-pyrrole nitrogens is 1. The molecule has 0 spiro atoms.